The number of ether oxygens (including phenoxy) is 3. The number of allylic oxidation sites excluding steroid dienone is 1. The molecule has 0 spiro atoms. The molecule has 0 aromatic heterocycles. The van der Waals surface area contributed by atoms with Crippen molar-refractivity contribution in [1.82, 2.24) is 0 Å². The van der Waals surface area contributed by atoms with Crippen LogP contribution in [0.15, 0.2) is 42.2 Å². The first-order chi connectivity index (χ1) is 10.3. The van der Waals surface area contributed by atoms with Crippen molar-refractivity contribution in [2.45, 2.75) is 32.0 Å². The van der Waals surface area contributed by atoms with Gasteiger partial charge in [0.05, 0.1) is 13.2 Å². The standard InChI is InChI=1S/C17H20O4/c1-2-19-16(18)15-11-14(12-7-4-3-5-8-12)13-9-6-10-20-17(13)21-15/h3-5,7-8,11,13-14,17H,2,6,9-10H2,1H3/t13-,14+,17+/m0/s1. The average Bonchev–Trinajstić information content (AvgIpc) is 2.55. The Morgan fingerprint density at radius 1 is 1.33 bits per heavy atom. The molecule has 112 valence electrons. The first-order valence-corrected chi connectivity index (χ1v) is 7.51. The van der Waals surface area contributed by atoms with Crippen molar-refractivity contribution in [2.24, 2.45) is 5.92 Å². The highest BCUT2D eigenvalue weighted by atomic mass is 16.7. The molecule has 0 aliphatic carbocycles. The number of carbonyl (C=O) groups excluding carboxylic acids is 1. The summed E-state index contributed by atoms with van der Waals surface area (Å²) in [5, 5.41) is 0. The molecule has 1 aromatic rings. The van der Waals surface area contributed by atoms with Crippen LogP contribution >= 0.6 is 0 Å². The van der Waals surface area contributed by atoms with Crippen molar-refractivity contribution < 1.29 is 19.0 Å². The molecule has 0 saturated carbocycles. The second-order valence-electron chi connectivity index (χ2n) is 5.35. The molecule has 2 aliphatic rings. The van der Waals surface area contributed by atoms with E-state index in [4.69, 9.17) is 14.2 Å². The number of rotatable bonds is 3. The Morgan fingerprint density at radius 3 is 2.90 bits per heavy atom. The summed E-state index contributed by atoms with van der Waals surface area (Å²) in [7, 11) is 0. The topological polar surface area (TPSA) is 44.8 Å². The molecule has 2 heterocycles. The number of benzene rings is 1. The minimum Gasteiger partial charge on any atom is -0.460 e. The van der Waals surface area contributed by atoms with Gasteiger partial charge >= 0.3 is 5.97 Å². The molecular weight excluding hydrogens is 268 g/mol. The van der Waals surface area contributed by atoms with Crippen molar-refractivity contribution in [3.05, 3.63) is 47.7 Å². The van der Waals surface area contributed by atoms with E-state index in [0.29, 0.717) is 13.2 Å². The summed E-state index contributed by atoms with van der Waals surface area (Å²) >= 11 is 0. The maximum Gasteiger partial charge on any atom is 0.373 e. The quantitative estimate of drug-likeness (QED) is 0.802. The molecule has 0 radical (unpaired) electrons. The molecule has 1 fully saturated rings. The molecule has 4 heteroatoms. The van der Waals surface area contributed by atoms with Crippen LogP contribution < -0.4 is 0 Å². The van der Waals surface area contributed by atoms with Gasteiger partial charge in [-0.15, -0.1) is 0 Å². The zero-order valence-corrected chi connectivity index (χ0v) is 12.2. The van der Waals surface area contributed by atoms with Crippen molar-refractivity contribution >= 4 is 5.97 Å². The first kappa shape index (κ1) is 14.1. The van der Waals surface area contributed by atoms with E-state index in [0.717, 1.165) is 12.8 Å². The normalized spacial score (nSPS) is 28.0. The first-order valence-electron chi connectivity index (χ1n) is 7.51. The lowest BCUT2D eigenvalue weighted by Gasteiger charge is -2.39. The van der Waals surface area contributed by atoms with Crippen LogP contribution in [-0.4, -0.2) is 25.5 Å². The van der Waals surface area contributed by atoms with Crippen LogP contribution in [0.3, 0.4) is 0 Å². The fourth-order valence-corrected chi connectivity index (χ4v) is 3.04. The molecule has 0 amide bonds. The molecule has 21 heavy (non-hydrogen) atoms. The lowest BCUT2D eigenvalue weighted by Crippen LogP contribution is -2.39. The van der Waals surface area contributed by atoms with Crippen molar-refractivity contribution in [3.63, 3.8) is 0 Å². The molecule has 4 nitrogen and oxygen atoms in total. The predicted octanol–water partition coefficient (Wildman–Crippen LogP) is 3.00. The minimum absolute atomic E-state index is 0.129. The Bertz CT molecular complexity index is 523. The molecule has 0 unspecified atom stereocenters. The Morgan fingerprint density at radius 2 is 2.14 bits per heavy atom. The highest BCUT2D eigenvalue weighted by molar-refractivity contribution is 5.86. The Hall–Kier alpha value is -1.81. The van der Waals surface area contributed by atoms with Crippen LogP contribution in [0.25, 0.3) is 0 Å². The van der Waals surface area contributed by atoms with Gasteiger partial charge in [0.2, 0.25) is 12.0 Å². The van der Waals surface area contributed by atoms with E-state index < -0.39 is 5.97 Å². The number of esters is 1. The van der Waals surface area contributed by atoms with E-state index in [-0.39, 0.29) is 23.9 Å². The van der Waals surface area contributed by atoms with Gasteiger partial charge in [-0.25, -0.2) is 4.79 Å². The summed E-state index contributed by atoms with van der Waals surface area (Å²) in [4.78, 5) is 12.0. The van der Waals surface area contributed by atoms with E-state index in [9.17, 15) is 4.79 Å². The van der Waals surface area contributed by atoms with Gasteiger partial charge in [-0.05, 0) is 31.4 Å². The molecule has 3 rings (SSSR count). The second-order valence-corrected chi connectivity index (χ2v) is 5.35. The predicted molar refractivity (Wildman–Crippen MR) is 77.4 cm³/mol. The van der Waals surface area contributed by atoms with Crippen LogP contribution in [0.5, 0.6) is 0 Å². The molecular formula is C17H20O4. The summed E-state index contributed by atoms with van der Waals surface area (Å²) < 4.78 is 16.5. The molecule has 0 bridgehead atoms. The third kappa shape index (κ3) is 2.95. The third-order valence-electron chi connectivity index (χ3n) is 4.01. The lowest BCUT2D eigenvalue weighted by atomic mass is 9.80. The summed E-state index contributed by atoms with van der Waals surface area (Å²) in [6.45, 7) is 2.80. The summed E-state index contributed by atoms with van der Waals surface area (Å²) in [5.41, 5.74) is 1.18. The van der Waals surface area contributed by atoms with Gasteiger partial charge in [0.15, 0.2) is 0 Å². The van der Waals surface area contributed by atoms with Gasteiger partial charge in [0, 0.05) is 11.8 Å². The van der Waals surface area contributed by atoms with E-state index in [2.05, 4.69) is 12.1 Å². The smallest absolute Gasteiger partial charge is 0.373 e. The summed E-state index contributed by atoms with van der Waals surface area (Å²) in [5.74, 6) is 0.240. The van der Waals surface area contributed by atoms with Crippen LogP contribution in [0, 0.1) is 5.92 Å². The fourth-order valence-electron chi connectivity index (χ4n) is 3.04. The monoisotopic (exact) mass is 288 g/mol. The van der Waals surface area contributed by atoms with E-state index in [1.54, 1.807) is 6.92 Å². The van der Waals surface area contributed by atoms with E-state index in [1.807, 2.05) is 24.3 Å². The molecule has 2 aliphatic heterocycles. The van der Waals surface area contributed by atoms with Crippen LogP contribution in [0.2, 0.25) is 0 Å². The highest BCUT2D eigenvalue weighted by Gasteiger charge is 2.40. The molecule has 3 atom stereocenters. The Balaban J connectivity index is 1.92. The van der Waals surface area contributed by atoms with Crippen molar-refractivity contribution in [2.75, 3.05) is 13.2 Å². The van der Waals surface area contributed by atoms with Gasteiger partial charge in [-0.3, -0.25) is 0 Å². The molecule has 1 aromatic carbocycles. The minimum atomic E-state index is -0.411. The number of carbonyl (C=O) groups is 1. The highest BCUT2D eigenvalue weighted by Crippen LogP contribution is 2.41. The van der Waals surface area contributed by atoms with E-state index in [1.165, 1.54) is 5.56 Å². The molecule has 0 N–H and O–H groups in total. The van der Waals surface area contributed by atoms with Crippen molar-refractivity contribution in [1.29, 1.82) is 0 Å². The van der Waals surface area contributed by atoms with Crippen LogP contribution in [0.1, 0.15) is 31.2 Å². The average molecular weight is 288 g/mol. The van der Waals surface area contributed by atoms with Gasteiger partial charge in [-0.1, -0.05) is 30.3 Å². The second kappa shape index (κ2) is 6.31. The Kier molecular flexibility index (Phi) is 4.25. The largest absolute Gasteiger partial charge is 0.460 e. The van der Waals surface area contributed by atoms with Gasteiger partial charge in [0.1, 0.15) is 0 Å². The van der Waals surface area contributed by atoms with Gasteiger partial charge in [0.25, 0.3) is 0 Å². The number of fused-ring (bicyclic) bond motifs is 1. The fraction of sp³-hybridized carbons (Fsp3) is 0.471. The van der Waals surface area contributed by atoms with Gasteiger partial charge < -0.3 is 14.2 Å². The van der Waals surface area contributed by atoms with Crippen LogP contribution in [0.4, 0.5) is 0 Å². The van der Waals surface area contributed by atoms with E-state index >= 15 is 0 Å². The summed E-state index contributed by atoms with van der Waals surface area (Å²) in [6, 6.07) is 10.2. The Labute approximate surface area is 124 Å². The number of hydrogen-bond acceptors (Lipinski definition) is 4. The number of hydrogen-bond donors (Lipinski definition) is 0. The summed E-state index contributed by atoms with van der Waals surface area (Å²) in [6.07, 6.45) is 3.60. The molecule has 1 saturated heterocycles. The SMILES string of the molecule is CCOC(=O)C1=C[C@H](c2ccccc2)[C@@H]2CCCO[C@@H]2O1. The lowest BCUT2D eigenvalue weighted by molar-refractivity contribution is -0.191. The zero-order valence-electron chi connectivity index (χ0n) is 12.2. The van der Waals surface area contributed by atoms with Gasteiger partial charge in [-0.2, -0.15) is 0 Å². The maximum absolute atomic E-state index is 12.0. The maximum atomic E-state index is 12.0. The van der Waals surface area contributed by atoms with Crippen LogP contribution in [-0.2, 0) is 19.0 Å². The third-order valence-corrected chi connectivity index (χ3v) is 4.01. The van der Waals surface area contributed by atoms with Crippen molar-refractivity contribution in [3.8, 4) is 0 Å². The zero-order chi connectivity index (χ0) is 14.7.